The van der Waals surface area contributed by atoms with Crippen LogP contribution in [0.2, 0.25) is 0 Å². The van der Waals surface area contributed by atoms with Crippen molar-refractivity contribution < 1.29 is 9.21 Å². The van der Waals surface area contributed by atoms with Gasteiger partial charge in [0.2, 0.25) is 5.91 Å². The lowest BCUT2D eigenvalue weighted by atomic mass is 10.1. The molecule has 1 heterocycles. The van der Waals surface area contributed by atoms with Gasteiger partial charge in [0.15, 0.2) is 5.76 Å². The molecule has 5 heteroatoms. The van der Waals surface area contributed by atoms with Gasteiger partial charge in [0, 0.05) is 12.6 Å². The second-order valence-corrected chi connectivity index (χ2v) is 5.43. The van der Waals surface area contributed by atoms with Crippen LogP contribution in [0.15, 0.2) is 40.0 Å². The van der Waals surface area contributed by atoms with E-state index in [1.165, 1.54) is 11.8 Å². The Morgan fingerprint density at radius 1 is 1.37 bits per heavy atom. The molecule has 2 aromatic rings. The lowest BCUT2D eigenvalue weighted by Crippen LogP contribution is -2.27. The van der Waals surface area contributed by atoms with E-state index in [0.29, 0.717) is 5.22 Å². The van der Waals surface area contributed by atoms with Gasteiger partial charge in [0.1, 0.15) is 0 Å². The molecule has 0 radical (unpaired) electrons. The third-order valence-electron chi connectivity index (χ3n) is 2.71. The molecule has 0 aliphatic rings. The standard InChI is InChI=1S/C14H16N2O2S/c1-9-12(11-7-5-4-6-8-11)18-14(16-9)19-10(2)13(17)15-3/h4-8,10H,1-3H3,(H,15,17)/t10-/m1/s1. The molecule has 19 heavy (non-hydrogen) atoms. The van der Waals surface area contributed by atoms with Crippen molar-refractivity contribution in [1.82, 2.24) is 10.3 Å². The Kier molecular flexibility index (Phi) is 4.27. The highest BCUT2D eigenvalue weighted by atomic mass is 32.2. The summed E-state index contributed by atoms with van der Waals surface area (Å²) in [5.41, 5.74) is 1.82. The monoisotopic (exact) mass is 276 g/mol. The summed E-state index contributed by atoms with van der Waals surface area (Å²) < 4.78 is 5.74. The molecule has 1 aromatic carbocycles. The average Bonchev–Trinajstić information content (AvgIpc) is 2.79. The second kappa shape index (κ2) is 5.93. The molecule has 0 spiro atoms. The zero-order chi connectivity index (χ0) is 13.8. The number of thioether (sulfide) groups is 1. The van der Waals surface area contributed by atoms with E-state index in [1.807, 2.05) is 44.2 Å². The molecule has 100 valence electrons. The molecule has 1 aromatic heterocycles. The number of hydrogen-bond acceptors (Lipinski definition) is 4. The first-order valence-corrected chi connectivity index (χ1v) is 6.91. The van der Waals surface area contributed by atoms with Crippen molar-refractivity contribution in [3.8, 4) is 11.3 Å². The Labute approximate surface area is 116 Å². The van der Waals surface area contributed by atoms with Crippen molar-refractivity contribution in [3.63, 3.8) is 0 Å². The Bertz CT molecular complexity index is 566. The number of benzene rings is 1. The van der Waals surface area contributed by atoms with Crippen LogP contribution in [0.4, 0.5) is 0 Å². The van der Waals surface area contributed by atoms with E-state index < -0.39 is 0 Å². The molecule has 1 atom stereocenters. The maximum atomic E-state index is 11.5. The van der Waals surface area contributed by atoms with Crippen molar-refractivity contribution in [2.45, 2.75) is 24.3 Å². The van der Waals surface area contributed by atoms with Crippen molar-refractivity contribution in [2.24, 2.45) is 0 Å². The summed E-state index contributed by atoms with van der Waals surface area (Å²) >= 11 is 1.32. The summed E-state index contributed by atoms with van der Waals surface area (Å²) in [6.45, 7) is 3.73. The van der Waals surface area contributed by atoms with Crippen molar-refractivity contribution in [1.29, 1.82) is 0 Å². The number of aryl methyl sites for hydroxylation is 1. The fraction of sp³-hybridized carbons (Fsp3) is 0.286. The Morgan fingerprint density at radius 3 is 2.68 bits per heavy atom. The molecule has 2 rings (SSSR count). The van der Waals surface area contributed by atoms with Gasteiger partial charge in [0.05, 0.1) is 10.9 Å². The van der Waals surface area contributed by atoms with Crippen LogP contribution in [-0.4, -0.2) is 23.2 Å². The third-order valence-corrected chi connectivity index (χ3v) is 3.65. The zero-order valence-corrected chi connectivity index (χ0v) is 12.0. The molecule has 1 amide bonds. The van der Waals surface area contributed by atoms with Crippen LogP contribution < -0.4 is 5.32 Å². The van der Waals surface area contributed by atoms with Crippen LogP contribution in [0.5, 0.6) is 0 Å². The average molecular weight is 276 g/mol. The highest BCUT2D eigenvalue weighted by Gasteiger charge is 2.18. The van der Waals surface area contributed by atoms with Crippen LogP contribution in [0.3, 0.4) is 0 Å². The van der Waals surface area contributed by atoms with Gasteiger partial charge in [-0.15, -0.1) is 0 Å². The molecular weight excluding hydrogens is 260 g/mol. The van der Waals surface area contributed by atoms with Crippen LogP contribution in [0.1, 0.15) is 12.6 Å². The summed E-state index contributed by atoms with van der Waals surface area (Å²) in [7, 11) is 1.62. The molecule has 1 N–H and O–H groups in total. The van der Waals surface area contributed by atoms with E-state index in [1.54, 1.807) is 7.05 Å². The zero-order valence-electron chi connectivity index (χ0n) is 11.1. The largest absolute Gasteiger partial charge is 0.431 e. The molecular formula is C14H16N2O2S. The molecule has 0 aliphatic heterocycles. The second-order valence-electron chi connectivity index (χ2n) is 4.13. The fourth-order valence-corrected chi connectivity index (χ4v) is 2.54. The summed E-state index contributed by atoms with van der Waals surface area (Å²) in [5.74, 6) is 0.717. The number of nitrogens with one attached hydrogen (secondary N) is 1. The molecule has 0 bridgehead atoms. The normalized spacial score (nSPS) is 12.2. The number of hydrogen-bond donors (Lipinski definition) is 1. The van der Waals surface area contributed by atoms with Gasteiger partial charge in [-0.25, -0.2) is 4.98 Å². The van der Waals surface area contributed by atoms with Gasteiger partial charge in [-0.05, 0) is 13.8 Å². The minimum Gasteiger partial charge on any atom is -0.431 e. The first-order valence-electron chi connectivity index (χ1n) is 6.03. The Hall–Kier alpha value is -1.75. The van der Waals surface area contributed by atoms with E-state index in [2.05, 4.69) is 10.3 Å². The molecule has 0 fully saturated rings. The van der Waals surface area contributed by atoms with Crippen LogP contribution in [0.25, 0.3) is 11.3 Å². The first-order chi connectivity index (χ1) is 9.11. The summed E-state index contributed by atoms with van der Waals surface area (Å²) in [6.07, 6.45) is 0. The summed E-state index contributed by atoms with van der Waals surface area (Å²) in [6, 6.07) is 9.82. The van der Waals surface area contributed by atoms with Gasteiger partial charge in [-0.2, -0.15) is 0 Å². The van der Waals surface area contributed by atoms with E-state index in [-0.39, 0.29) is 11.2 Å². The highest BCUT2D eigenvalue weighted by Crippen LogP contribution is 2.30. The molecule has 0 aliphatic carbocycles. The van der Waals surface area contributed by atoms with Gasteiger partial charge < -0.3 is 9.73 Å². The van der Waals surface area contributed by atoms with Gasteiger partial charge in [-0.1, -0.05) is 42.1 Å². The van der Waals surface area contributed by atoms with Crippen molar-refractivity contribution in [3.05, 3.63) is 36.0 Å². The molecule has 0 saturated heterocycles. The van der Waals surface area contributed by atoms with Crippen LogP contribution in [-0.2, 0) is 4.79 Å². The number of carbonyl (C=O) groups excluding carboxylic acids is 1. The van der Waals surface area contributed by atoms with Crippen LogP contribution >= 0.6 is 11.8 Å². The van der Waals surface area contributed by atoms with Crippen molar-refractivity contribution >= 4 is 17.7 Å². The maximum absolute atomic E-state index is 11.5. The fourth-order valence-electron chi connectivity index (χ4n) is 1.69. The topological polar surface area (TPSA) is 55.1 Å². The first kappa shape index (κ1) is 13.7. The van der Waals surface area contributed by atoms with E-state index in [9.17, 15) is 4.79 Å². The van der Waals surface area contributed by atoms with E-state index in [4.69, 9.17) is 4.42 Å². The van der Waals surface area contributed by atoms with Gasteiger partial charge in [0.25, 0.3) is 5.22 Å². The molecule has 0 saturated carbocycles. The SMILES string of the molecule is CNC(=O)[C@@H](C)Sc1nc(C)c(-c2ccccc2)o1. The number of oxazole rings is 1. The quantitative estimate of drug-likeness (QED) is 0.872. The minimum absolute atomic E-state index is 0.0397. The number of amides is 1. The summed E-state index contributed by atoms with van der Waals surface area (Å²) in [5, 5.41) is 2.90. The predicted octanol–water partition coefficient (Wildman–Crippen LogP) is 2.88. The minimum atomic E-state index is -0.230. The van der Waals surface area contributed by atoms with E-state index in [0.717, 1.165) is 17.0 Å². The number of carbonyl (C=O) groups is 1. The third kappa shape index (κ3) is 3.17. The highest BCUT2D eigenvalue weighted by molar-refractivity contribution is 8.00. The lowest BCUT2D eigenvalue weighted by Gasteiger charge is -2.05. The smallest absolute Gasteiger partial charge is 0.257 e. The Morgan fingerprint density at radius 2 is 2.05 bits per heavy atom. The van der Waals surface area contributed by atoms with Gasteiger partial charge in [-0.3, -0.25) is 4.79 Å². The number of nitrogens with zero attached hydrogens (tertiary/aromatic N) is 1. The summed E-state index contributed by atoms with van der Waals surface area (Å²) in [4.78, 5) is 15.8. The lowest BCUT2D eigenvalue weighted by molar-refractivity contribution is -0.119. The van der Waals surface area contributed by atoms with Crippen molar-refractivity contribution in [2.75, 3.05) is 7.05 Å². The molecule has 4 nitrogen and oxygen atoms in total. The number of rotatable bonds is 4. The predicted molar refractivity (Wildman–Crippen MR) is 76.1 cm³/mol. The molecule has 0 unspecified atom stereocenters. The van der Waals surface area contributed by atoms with Gasteiger partial charge >= 0.3 is 0 Å². The Balaban J connectivity index is 2.20. The number of aromatic nitrogens is 1. The van der Waals surface area contributed by atoms with Crippen LogP contribution in [0, 0.1) is 6.92 Å². The maximum Gasteiger partial charge on any atom is 0.257 e. The van der Waals surface area contributed by atoms with E-state index >= 15 is 0 Å².